The van der Waals surface area contributed by atoms with E-state index >= 15 is 0 Å². The SMILES string of the molecule is COCCN(CC(=O)N1CCc2sccc2[C@H]1c1ccc(F)cc1)C(=O)C1CC1. The zero-order chi connectivity index (χ0) is 20.4. The second-order valence-electron chi connectivity index (χ2n) is 7.62. The third kappa shape index (κ3) is 4.36. The van der Waals surface area contributed by atoms with Crippen LogP contribution >= 0.6 is 11.3 Å². The molecule has 1 aliphatic heterocycles. The summed E-state index contributed by atoms with van der Waals surface area (Å²) in [6.07, 6.45) is 2.60. The van der Waals surface area contributed by atoms with Gasteiger partial charge in [0.25, 0.3) is 0 Å². The second-order valence-corrected chi connectivity index (χ2v) is 8.62. The van der Waals surface area contributed by atoms with E-state index in [0.717, 1.165) is 30.4 Å². The van der Waals surface area contributed by atoms with Gasteiger partial charge in [-0.1, -0.05) is 12.1 Å². The number of halogens is 1. The average molecular weight is 417 g/mol. The van der Waals surface area contributed by atoms with Crippen LogP contribution in [0.2, 0.25) is 0 Å². The van der Waals surface area contributed by atoms with Gasteiger partial charge in [0.05, 0.1) is 19.2 Å². The van der Waals surface area contributed by atoms with E-state index in [4.69, 9.17) is 4.74 Å². The summed E-state index contributed by atoms with van der Waals surface area (Å²) in [5.41, 5.74) is 1.98. The van der Waals surface area contributed by atoms with Crippen LogP contribution in [0.3, 0.4) is 0 Å². The Kier molecular flexibility index (Phi) is 5.96. The lowest BCUT2D eigenvalue weighted by atomic mass is 9.93. The van der Waals surface area contributed by atoms with Gasteiger partial charge in [0, 0.05) is 31.0 Å². The predicted octanol–water partition coefficient (Wildman–Crippen LogP) is 3.25. The van der Waals surface area contributed by atoms with Crippen LogP contribution in [-0.4, -0.2) is 55.0 Å². The molecule has 0 bridgehead atoms. The molecule has 2 amide bonds. The monoisotopic (exact) mass is 416 g/mol. The van der Waals surface area contributed by atoms with Crippen LogP contribution in [0.15, 0.2) is 35.7 Å². The highest BCUT2D eigenvalue weighted by Gasteiger charge is 2.37. The lowest BCUT2D eigenvalue weighted by molar-refractivity contribution is -0.142. The van der Waals surface area contributed by atoms with E-state index in [-0.39, 0.29) is 36.1 Å². The van der Waals surface area contributed by atoms with Crippen molar-refractivity contribution in [3.63, 3.8) is 0 Å². The fraction of sp³-hybridized carbons (Fsp3) is 0.455. The number of benzene rings is 1. The van der Waals surface area contributed by atoms with Gasteiger partial charge in [-0.15, -0.1) is 11.3 Å². The van der Waals surface area contributed by atoms with Gasteiger partial charge in [-0.3, -0.25) is 9.59 Å². The number of methoxy groups -OCH3 is 1. The smallest absolute Gasteiger partial charge is 0.242 e. The highest BCUT2D eigenvalue weighted by molar-refractivity contribution is 7.10. The van der Waals surface area contributed by atoms with Crippen molar-refractivity contribution in [3.05, 3.63) is 57.5 Å². The fourth-order valence-electron chi connectivity index (χ4n) is 3.90. The Morgan fingerprint density at radius 1 is 1.24 bits per heavy atom. The van der Waals surface area contributed by atoms with Crippen LogP contribution in [0.4, 0.5) is 4.39 Å². The number of ether oxygens (including phenoxy) is 1. The molecule has 1 aliphatic carbocycles. The number of carbonyl (C=O) groups excluding carboxylic acids is 2. The Labute approximate surface area is 174 Å². The molecule has 4 rings (SSSR count). The van der Waals surface area contributed by atoms with Crippen molar-refractivity contribution in [2.45, 2.75) is 25.3 Å². The molecule has 1 atom stereocenters. The maximum atomic E-state index is 13.5. The van der Waals surface area contributed by atoms with Crippen LogP contribution in [-0.2, 0) is 20.7 Å². The first-order valence-electron chi connectivity index (χ1n) is 9.97. The van der Waals surface area contributed by atoms with Crippen molar-refractivity contribution in [2.24, 2.45) is 5.92 Å². The summed E-state index contributed by atoms with van der Waals surface area (Å²) in [5.74, 6) is -0.283. The number of amides is 2. The molecule has 7 heteroatoms. The highest BCUT2D eigenvalue weighted by Crippen LogP contribution is 2.38. The van der Waals surface area contributed by atoms with E-state index in [1.165, 1.54) is 17.0 Å². The Hall–Kier alpha value is -2.25. The van der Waals surface area contributed by atoms with E-state index in [1.54, 1.807) is 35.5 Å². The zero-order valence-corrected chi connectivity index (χ0v) is 17.3. The number of hydrogen-bond donors (Lipinski definition) is 0. The van der Waals surface area contributed by atoms with E-state index in [9.17, 15) is 14.0 Å². The van der Waals surface area contributed by atoms with Gasteiger partial charge in [0.2, 0.25) is 11.8 Å². The minimum Gasteiger partial charge on any atom is -0.383 e. The Bertz CT molecular complexity index is 878. The highest BCUT2D eigenvalue weighted by atomic mass is 32.1. The van der Waals surface area contributed by atoms with Gasteiger partial charge in [-0.2, -0.15) is 0 Å². The number of hydrogen-bond acceptors (Lipinski definition) is 4. The lowest BCUT2D eigenvalue weighted by Crippen LogP contribution is -2.47. The summed E-state index contributed by atoms with van der Waals surface area (Å²) in [6, 6.07) is 8.14. The summed E-state index contributed by atoms with van der Waals surface area (Å²) in [5, 5.41) is 2.04. The van der Waals surface area contributed by atoms with Crippen LogP contribution in [0, 0.1) is 11.7 Å². The number of fused-ring (bicyclic) bond motifs is 1. The minimum absolute atomic E-state index is 0.0435. The first-order valence-corrected chi connectivity index (χ1v) is 10.9. The topological polar surface area (TPSA) is 49.9 Å². The van der Waals surface area contributed by atoms with Crippen LogP contribution in [0.5, 0.6) is 0 Å². The number of nitrogens with zero attached hydrogens (tertiary/aromatic N) is 2. The molecular weight excluding hydrogens is 391 g/mol. The van der Waals surface area contributed by atoms with Gasteiger partial charge in [-0.25, -0.2) is 4.39 Å². The first-order chi connectivity index (χ1) is 14.1. The molecule has 0 unspecified atom stereocenters. The molecule has 0 radical (unpaired) electrons. The Morgan fingerprint density at radius 3 is 2.69 bits per heavy atom. The molecule has 0 N–H and O–H groups in total. The van der Waals surface area contributed by atoms with E-state index < -0.39 is 0 Å². The van der Waals surface area contributed by atoms with Crippen molar-refractivity contribution in [3.8, 4) is 0 Å². The summed E-state index contributed by atoms with van der Waals surface area (Å²) in [6.45, 7) is 1.46. The standard InChI is InChI=1S/C22H25FN2O3S/c1-28-12-11-24(22(27)16-2-3-16)14-20(26)25-10-8-19-18(9-13-29-19)21(25)15-4-6-17(23)7-5-15/h4-7,9,13,16,21H,2-3,8,10-12,14H2,1H3/t21-/m1/s1. The number of carbonyl (C=O) groups is 2. The maximum Gasteiger partial charge on any atom is 0.242 e. The van der Waals surface area contributed by atoms with Crippen molar-refractivity contribution in [1.82, 2.24) is 9.80 Å². The molecule has 2 aromatic rings. The third-order valence-electron chi connectivity index (χ3n) is 5.60. The summed E-state index contributed by atoms with van der Waals surface area (Å²) in [7, 11) is 1.59. The van der Waals surface area contributed by atoms with Gasteiger partial charge < -0.3 is 14.5 Å². The van der Waals surface area contributed by atoms with Gasteiger partial charge >= 0.3 is 0 Å². The van der Waals surface area contributed by atoms with Crippen molar-refractivity contribution in [1.29, 1.82) is 0 Å². The molecule has 1 fully saturated rings. The first kappa shape index (κ1) is 20.0. The Morgan fingerprint density at radius 2 is 2.00 bits per heavy atom. The average Bonchev–Trinajstić information content (AvgIpc) is 3.47. The van der Waals surface area contributed by atoms with Gasteiger partial charge in [-0.05, 0) is 54.0 Å². The molecule has 1 aromatic carbocycles. The summed E-state index contributed by atoms with van der Waals surface area (Å²) >= 11 is 1.69. The van der Waals surface area contributed by atoms with Gasteiger partial charge in [0.1, 0.15) is 5.82 Å². The molecule has 0 saturated heterocycles. The molecule has 0 spiro atoms. The molecule has 5 nitrogen and oxygen atoms in total. The van der Waals surface area contributed by atoms with Crippen LogP contribution in [0.1, 0.15) is 34.9 Å². The molecule has 1 aromatic heterocycles. The lowest BCUT2D eigenvalue weighted by Gasteiger charge is -2.37. The van der Waals surface area contributed by atoms with E-state index in [0.29, 0.717) is 19.7 Å². The molecular formula is C22H25FN2O3S. The van der Waals surface area contributed by atoms with Crippen molar-refractivity contribution < 1.29 is 18.7 Å². The largest absolute Gasteiger partial charge is 0.383 e. The third-order valence-corrected chi connectivity index (χ3v) is 6.60. The normalized spacial score (nSPS) is 18.4. The van der Waals surface area contributed by atoms with Gasteiger partial charge in [0.15, 0.2) is 0 Å². The van der Waals surface area contributed by atoms with Crippen LogP contribution < -0.4 is 0 Å². The molecule has 154 valence electrons. The second kappa shape index (κ2) is 8.63. The molecule has 29 heavy (non-hydrogen) atoms. The number of rotatable bonds is 7. The quantitative estimate of drug-likeness (QED) is 0.696. The predicted molar refractivity (Wildman–Crippen MR) is 109 cm³/mol. The maximum absolute atomic E-state index is 13.5. The molecule has 2 heterocycles. The number of thiophene rings is 1. The Balaban J connectivity index is 1.58. The minimum atomic E-state index is -0.297. The fourth-order valence-corrected chi connectivity index (χ4v) is 4.80. The molecule has 2 aliphatic rings. The summed E-state index contributed by atoms with van der Waals surface area (Å²) in [4.78, 5) is 30.7. The van der Waals surface area contributed by atoms with E-state index in [1.807, 2.05) is 16.3 Å². The zero-order valence-electron chi connectivity index (χ0n) is 16.5. The van der Waals surface area contributed by atoms with Crippen molar-refractivity contribution in [2.75, 3.05) is 33.4 Å². The van der Waals surface area contributed by atoms with Crippen LogP contribution in [0.25, 0.3) is 0 Å². The summed E-state index contributed by atoms with van der Waals surface area (Å²) < 4.78 is 18.6. The van der Waals surface area contributed by atoms with Crippen molar-refractivity contribution >= 4 is 23.2 Å². The molecule has 1 saturated carbocycles. The van der Waals surface area contributed by atoms with E-state index in [2.05, 4.69) is 0 Å².